The van der Waals surface area contributed by atoms with Crippen molar-refractivity contribution < 1.29 is 14.0 Å². The summed E-state index contributed by atoms with van der Waals surface area (Å²) in [5.74, 6) is -1.01. The second-order valence-electron chi connectivity index (χ2n) is 4.01. The van der Waals surface area contributed by atoms with Crippen molar-refractivity contribution in [1.82, 2.24) is 0 Å². The van der Waals surface area contributed by atoms with E-state index in [0.29, 0.717) is 15.6 Å². The molecule has 2 aromatic carbocycles. The summed E-state index contributed by atoms with van der Waals surface area (Å²) in [6.07, 6.45) is -0.228. The Morgan fingerprint density at radius 3 is 2.32 bits per heavy atom. The summed E-state index contributed by atoms with van der Waals surface area (Å²) >= 11 is 3.12. The summed E-state index contributed by atoms with van der Waals surface area (Å²) in [5.41, 5.74) is 0.805. The van der Waals surface area contributed by atoms with Gasteiger partial charge in [-0.1, -0.05) is 30.3 Å². The Bertz CT molecular complexity index is 623. The van der Waals surface area contributed by atoms with Crippen molar-refractivity contribution in [3.05, 3.63) is 69.9 Å². The monoisotopic (exact) mass is 320 g/mol. The van der Waals surface area contributed by atoms with Gasteiger partial charge in [-0.25, -0.2) is 4.39 Å². The molecule has 0 amide bonds. The summed E-state index contributed by atoms with van der Waals surface area (Å²) in [4.78, 5) is 23.9. The molecule has 0 saturated carbocycles. The highest BCUT2D eigenvalue weighted by atomic mass is 79.9. The molecule has 0 aliphatic heterocycles. The number of hydrogen-bond donors (Lipinski definition) is 0. The van der Waals surface area contributed by atoms with Crippen LogP contribution in [0, 0.1) is 5.82 Å². The SMILES string of the molecule is O=C(CC(=O)c1ccc(F)cc1Br)c1ccccc1. The number of ketones is 2. The lowest BCUT2D eigenvalue weighted by atomic mass is 10.0. The molecule has 0 radical (unpaired) electrons. The standard InChI is InChI=1S/C15H10BrFO2/c16-13-8-11(17)6-7-12(13)15(19)9-14(18)10-4-2-1-3-5-10/h1-8H,9H2. The minimum Gasteiger partial charge on any atom is -0.294 e. The quantitative estimate of drug-likeness (QED) is 0.629. The molecule has 2 aromatic rings. The van der Waals surface area contributed by atoms with Gasteiger partial charge in [0.05, 0.1) is 6.42 Å². The van der Waals surface area contributed by atoms with E-state index in [1.807, 2.05) is 0 Å². The van der Waals surface area contributed by atoms with Crippen molar-refractivity contribution in [2.75, 3.05) is 0 Å². The van der Waals surface area contributed by atoms with E-state index in [1.54, 1.807) is 30.3 Å². The van der Waals surface area contributed by atoms with Gasteiger partial charge in [0, 0.05) is 15.6 Å². The van der Waals surface area contributed by atoms with Crippen molar-refractivity contribution >= 4 is 27.5 Å². The molecule has 0 N–H and O–H groups in total. The Balaban J connectivity index is 2.15. The van der Waals surface area contributed by atoms with E-state index in [2.05, 4.69) is 15.9 Å². The van der Waals surface area contributed by atoms with E-state index in [9.17, 15) is 14.0 Å². The molecule has 0 aliphatic carbocycles. The third-order valence-corrected chi connectivity index (χ3v) is 3.30. The molecule has 0 unspecified atom stereocenters. The van der Waals surface area contributed by atoms with Gasteiger partial charge in [-0.2, -0.15) is 0 Å². The predicted molar refractivity (Wildman–Crippen MR) is 73.8 cm³/mol. The molecule has 0 atom stereocenters. The van der Waals surface area contributed by atoms with Crippen LogP contribution in [0.25, 0.3) is 0 Å². The first-order chi connectivity index (χ1) is 9.08. The Morgan fingerprint density at radius 1 is 1.00 bits per heavy atom. The first-order valence-electron chi connectivity index (χ1n) is 5.64. The van der Waals surface area contributed by atoms with Crippen LogP contribution in [0.2, 0.25) is 0 Å². The van der Waals surface area contributed by atoms with Gasteiger partial charge >= 0.3 is 0 Å². The molecule has 4 heteroatoms. The van der Waals surface area contributed by atoms with E-state index < -0.39 is 5.82 Å². The number of carbonyl (C=O) groups excluding carboxylic acids is 2. The lowest BCUT2D eigenvalue weighted by Gasteiger charge is -2.04. The highest BCUT2D eigenvalue weighted by Gasteiger charge is 2.16. The van der Waals surface area contributed by atoms with Gasteiger partial charge in [0.15, 0.2) is 11.6 Å². The summed E-state index contributed by atoms with van der Waals surface area (Å²) in [7, 11) is 0. The summed E-state index contributed by atoms with van der Waals surface area (Å²) < 4.78 is 13.3. The zero-order valence-electron chi connectivity index (χ0n) is 9.90. The maximum Gasteiger partial charge on any atom is 0.171 e. The molecule has 0 spiro atoms. The van der Waals surface area contributed by atoms with E-state index in [4.69, 9.17) is 0 Å². The number of halogens is 2. The maximum atomic E-state index is 12.9. The molecule has 19 heavy (non-hydrogen) atoms. The Morgan fingerprint density at radius 2 is 1.68 bits per heavy atom. The van der Waals surface area contributed by atoms with Gasteiger partial charge in [-0.15, -0.1) is 0 Å². The van der Waals surface area contributed by atoms with Crippen LogP contribution in [0.1, 0.15) is 27.1 Å². The zero-order valence-corrected chi connectivity index (χ0v) is 11.5. The molecule has 2 rings (SSSR count). The predicted octanol–water partition coefficient (Wildman–Crippen LogP) is 4.04. The van der Waals surface area contributed by atoms with Crippen LogP contribution in [0.3, 0.4) is 0 Å². The summed E-state index contributed by atoms with van der Waals surface area (Å²) in [6, 6.07) is 12.4. The molecule has 0 heterocycles. The van der Waals surface area contributed by atoms with Crippen molar-refractivity contribution in [2.45, 2.75) is 6.42 Å². The van der Waals surface area contributed by atoms with Crippen molar-refractivity contribution in [2.24, 2.45) is 0 Å². The topological polar surface area (TPSA) is 34.1 Å². The van der Waals surface area contributed by atoms with E-state index >= 15 is 0 Å². The van der Waals surface area contributed by atoms with E-state index in [1.165, 1.54) is 18.2 Å². The average Bonchev–Trinajstić information content (AvgIpc) is 2.39. The largest absolute Gasteiger partial charge is 0.294 e. The fourth-order valence-electron chi connectivity index (χ4n) is 1.68. The second-order valence-corrected chi connectivity index (χ2v) is 4.87. The van der Waals surface area contributed by atoms with Gasteiger partial charge < -0.3 is 0 Å². The number of hydrogen-bond acceptors (Lipinski definition) is 2. The Hall–Kier alpha value is -1.81. The molecule has 96 valence electrons. The number of benzene rings is 2. The highest BCUT2D eigenvalue weighted by molar-refractivity contribution is 9.10. The number of carbonyl (C=O) groups is 2. The third-order valence-electron chi connectivity index (χ3n) is 2.65. The van der Waals surface area contributed by atoms with Crippen LogP contribution in [0.4, 0.5) is 4.39 Å². The third kappa shape index (κ3) is 3.35. The normalized spacial score (nSPS) is 10.2. The highest BCUT2D eigenvalue weighted by Crippen LogP contribution is 2.20. The zero-order chi connectivity index (χ0) is 13.8. The van der Waals surface area contributed by atoms with E-state index in [0.717, 1.165) is 0 Å². The van der Waals surface area contributed by atoms with Crippen molar-refractivity contribution in [1.29, 1.82) is 0 Å². The first kappa shape index (κ1) is 13.6. The fourth-order valence-corrected chi connectivity index (χ4v) is 2.25. The van der Waals surface area contributed by atoms with Gasteiger partial charge in [0.2, 0.25) is 0 Å². The molecular weight excluding hydrogens is 311 g/mol. The average molecular weight is 321 g/mol. The second kappa shape index (κ2) is 5.89. The Labute approximate surface area is 118 Å². The lowest BCUT2D eigenvalue weighted by molar-refractivity contribution is 0.0894. The molecule has 0 saturated heterocycles. The minimum absolute atomic E-state index is 0.228. The van der Waals surface area contributed by atoms with E-state index in [-0.39, 0.29) is 18.0 Å². The van der Waals surface area contributed by atoms with Gasteiger partial charge in [-0.3, -0.25) is 9.59 Å². The minimum atomic E-state index is -0.433. The first-order valence-corrected chi connectivity index (χ1v) is 6.44. The molecular formula is C15H10BrFO2. The van der Waals surface area contributed by atoms with Crippen molar-refractivity contribution in [3.8, 4) is 0 Å². The molecule has 0 aromatic heterocycles. The van der Waals surface area contributed by atoms with Crippen LogP contribution in [0.5, 0.6) is 0 Å². The summed E-state index contributed by atoms with van der Waals surface area (Å²) in [5, 5.41) is 0. The van der Waals surface area contributed by atoms with Gasteiger partial charge in [0.1, 0.15) is 5.82 Å². The molecule has 2 nitrogen and oxygen atoms in total. The van der Waals surface area contributed by atoms with Crippen LogP contribution < -0.4 is 0 Å². The van der Waals surface area contributed by atoms with Gasteiger partial charge in [0.25, 0.3) is 0 Å². The number of Topliss-reactive ketones (excluding diaryl/α,β-unsaturated/α-hetero) is 2. The van der Waals surface area contributed by atoms with Crippen molar-refractivity contribution in [3.63, 3.8) is 0 Å². The fraction of sp³-hybridized carbons (Fsp3) is 0.0667. The molecule has 0 bridgehead atoms. The van der Waals surface area contributed by atoms with Crippen LogP contribution in [0.15, 0.2) is 53.0 Å². The van der Waals surface area contributed by atoms with Crippen LogP contribution >= 0.6 is 15.9 Å². The maximum absolute atomic E-state index is 12.9. The molecule has 0 aliphatic rings. The lowest BCUT2D eigenvalue weighted by Crippen LogP contribution is -2.09. The Kier molecular flexibility index (Phi) is 4.22. The van der Waals surface area contributed by atoms with Crippen LogP contribution in [-0.4, -0.2) is 11.6 Å². The van der Waals surface area contributed by atoms with Gasteiger partial charge in [-0.05, 0) is 34.1 Å². The number of rotatable bonds is 4. The molecule has 0 fully saturated rings. The smallest absolute Gasteiger partial charge is 0.171 e. The summed E-state index contributed by atoms with van der Waals surface area (Å²) in [6.45, 7) is 0. The van der Waals surface area contributed by atoms with Crippen LogP contribution in [-0.2, 0) is 0 Å².